The normalized spacial score (nSPS) is 13.9. The predicted molar refractivity (Wildman–Crippen MR) is 92.0 cm³/mol. The fraction of sp³-hybridized carbons (Fsp3) is 0.158. The highest BCUT2D eigenvalue weighted by Gasteiger charge is 2.30. The van der Waals surface area contributed by atoms with Crippen molar-refractivity contribution in [2.45, 2.75) is 12.8 Å². The van der Waals surface area contributed by atoms with E-state index in [1.54, 1.807) is 0 Å². The van der Waals surface area contributed by atoms with Crippen LogP contribution in [-0.2, 0) is 4.79 Å². The molecule has 0 radical (unpaired) electrons. The molecular weight excluding hydrogens is 286 g/mol. The van der Waals surface area contributed by atoms with Crippen molar-refractivity contribution in [2.24, 2.45) is 5.92 Å². The largest absolute Gasteiger partial charge is 0.324 e. The molecule has 1 aromatic heterocycles. The molecule has 0 aliphatic heterocycles. The molecule has 1 fully saturated rings. The van der Waals surface area contributed by atoms with E-state index in [1.807, 2.05) is 48.5 Å². The van der Waals surface area contributed by atoms with Crippen LogP contribution in [0.5, 0.6) is 0 Å². The van der Waals surface area contributed by atoms with Gasteiger partial charge in [-0.3, -0.25) is 10.1 Å². The number of nitrogens with zero attached hydrogens (tertiary/aromatic N) is 1. The van der Waals surface area contributed by atoms with Gasteiger partial charge in [0.1, 0.15) is 0 Å². The third kappa shape index (κ3) is 2.75. The maximum atomic E-state index is 11.8. The Balaban J connectivity index is 1.62. The van der Waals surface area contributed by atoms with Crippen LogP contribution < -0.4 is 5.32 Å². The predicted octanol–water partition coefficient (Wildman–Crippen LogP) is 3.97. The molecule has 23 heavy (non-hydrogen) atoms. The Bertz CT molecular complexity index is 891. The smallest absolute Gasteiger partial charge is 0.229 e. The third-order valence-electron chi connectivity index (χ3n) is 4.14. The number of carbonyl (C=O) groups excluding carboxylic acids is 1. The standard InChI is InChI=1S/C19H17N3O/c1-12(13-5-3-2-4-6-13)15-9-10-16-17(11-15)21-19(20-16)22-18(23)14-7-8-14/h2-6,9-11,14H,1,7-8H2,(H2,20,21,22,23). The molecule has 4 rings (SSSR count). The SMILES string of the molecule is C=C(c1ccccc1)c1ccc2[nH]c(NC(=O)C3CC3)nc2c1. The van der Waals surface area contributed by atoms with Crippen molar-refractivity contribution in [1.82, 2.24) is 9.97 Å². The minimum absolute atomic E-state index is 0.0537. The molecule has 4 nitrogen and oxygen atoms in total. The Morgan fingerprint density at radius 2 is 1.91 bits per heavy atom. The number of anilines is 1. The number of aromatic amines is 1. The van der Waals surface area contributed by atoms with Gasteiger partial charge in [0, 0.05) is 5.92 Å². The van der Waals surface area contributed by atoms with Crippen molar-refractivity contribution in [1.29, 1.82) is 0 Å². The van der Waals surface area contributed by atoms with E-state index in [1.165, 1.54) is 0 Å². The zero-order valence-electron chi connectivity index (χ0n) is 12.7. The Morgan fingerprint density at radius 3 is 2.65 bits per heavy atom. The van der Waals surface area contributed by atoms with Gasteiger partial charge in [-0.05, 0) is 41.7 Å². The van der Waals surface area contributed by atoms with E-state index in [-0.39, 0.29) is 11.8 Å². The van der Waals surface area contributed by atoms with E-state index < -0.39 is 0 Å². The van der Waals surface area contributed by atoms with Gasteiger partial charge in [0.05, 0.1) is 11.0 Å². The average Bonchev–Trinajstić information content (AvgIpc) is 3.35. The molecule has 2 N–H and O–H groups in total. The van der Waals surface area contributed by atoms with Crippen LogP contribution in [0.4, 0.5) is 5.95 Å². The van der Waals surface area contributed by atoms with E-state index in [2.05, 4.69) is 21.9 Å². The summed E-state index contributed by atoms with van der Waals surface area (Å²) in [5, 5.41) is 2.85. The number of aromatic nitrogens is 2. The summed E-state index contributed by atoms with van der Waals surface area (Å²) in [4.78, 5) is 19.4. The number of fused-ring (bicyclic) bond motifs is 1. The summed E-state index contributed by atoms with van der Waals surface area (Å²) >= 11 is 0. The number of hydrogen-bond donors (Lipinski definition) is 2. The van der Waals surface area contributed by atoms with E-state index in [9.17, 15) is 4.79 Å². The number of H-pyrrole nitrogens is 1. The van der Waals surface area contributed by atoms with Gasteiger partial charge < -0.3 is 4.98 Å². The molecule has 3 aromatic rings. The van der Waals surface area contributed by atoms with Gasteiger partial charge in [0.25, 0.3) is 0 Å². The van der Waals surface area contributed by atoms with Gasteiger partial charge in [-0.25, -0.2) is 4.98 Å². The quantitative estimate of drug-likeness (QED) is 0.766. The molecule has 1 aliphatic carbocycles. The highest BCUT2D eigenvalue weighted by atomic mass is 16.2. The van der Waals surface area contributed by atoms with Gasteiger partial charge in [-0.1, -0.05) is 43.0 Å². The van der Waals surface area contributed by atoms with Crippen molar-refractivity contribution in [3.05, 3.63) is 66.2 Å². The zero-order chi connectivity index (χ0) is 15.8. The molecule has 0 atom stereocenters. The minimum Gasteiger partial charge on any atom is -0.324 e. The maximum Gasteiger partial charge on any atom is 0.229 e. The molecular formula is C19H17N3O. The molecule has 1 aliphatic rings. The maximum absolute atomic E-state index is 11.8. The molecule has 4 heteroatoms. The lowest BCUT2D eigenvalue weighted by atomic mass is 9.99. The van der Waals surface area contributed by atoms with Gasteiger partial charge in [-0.2, -0.15) is 0 Å². The summed E-state index contributed by atoms with van der Waals surface area (Å²) in [7, 11) is 0. The van der Waals surface area contributed by atoms with Crippen LogP contribution in [0.2, 0.25) is 0 Å². The topological polar surface area (TPSA) is 57.8 Å². The Morgan fingerprint density at radius 1 is 1.13 bits per heavy atom. The van der Waals surface area contributed by atoms with Crippen LogP contribution in [0, 0.1) is 5.92 Å². The van der Waals surface area contributed by atoms with Crippen LogP contribution in [0.3, 0.4) is 0 Å². The monoisotopic (exact) mass is 303 g/mol. The van der Waals surface area contributed by atoms with Crippen molar-refractivity contribution >= 4 is 28.5 Å². The van der Waals surface area contributed by atoms with Crippen molar-refractivity contribution < 1.29 is 4.79 Å². The lowest BCUT2D eigenvalue weighted by Gasteiger charge is -2.05. The molecule has 1 saturated carbocycles. The van der Waals surface area contributed by atoms with Crippen molar-refractivity contribution in [3.63, 3.8) is 0 Å². The molecule has 114 valence electrons. The van der Waals surface area contributed by atoms with E-state index in [0.29, 0.717) is 5.95 Å². The number of imidazole rings is 1. The first kappa shape index (κ1) is 13.8. The molecule has 1 amide bonds. The van der Waals surface area contributed by atoms with E-state index >= 15 is 0 Å². The second-order valence-corrected chi connectivity index (χ2v) is 5.93. The molecule has 1 heterocycles. The average molecular weight is 303 g/mol. The number of carbonyl (C=O) groups is 1. The summed E-state index contributed by atoms with van der Waals surface area (Å²) in [6.07, 6.45) is 1.96. The van der Waals surface area contributed by atoms with E-state index in [0.717, 1.165) is 40.6 Å². The second-order valence-electron chi connectivity index (χ2n) is 5.93. The Hall–Kier alpha value is -2.88. The van der Waals surface area contributed by atoms with Gasteiger partial charge in [-0.15, -0.1) is 0 Å². The number of nitrogens with one attached hydrogen (secondary N) is 2. The number of amides is 1. The van der Waals surface area contributed by atoms with Crippen LogP contribution in [0.25, 0.3) is 16.6 Å². The van der Waals surface area contributed by atoms with Crippen molar-refractivity contribution in [2.75, 3.05) is 5.32 Å². The lowest BCUT2D eigenvalue weighted by molar-refractivity contribution is -0.117. The zero-order valence-corrected chi connectivity index (χ0v) is 12.7. The fourth-order valence-corrected chi connectivity index (χ4v) is 2.62. The first-order chi connectivity index (χ1) is 11.2. The summed E-state index contributed by atoms with van der Waals surface area (Å²) in [6.45, 7) is 4.18. The number of hydrogen-bond acceptors (Lipinski definition) is 2. The molecule has 2 aromatic carbocycles. The highest BCUT2D eigenvalue weighted by molar-refractivity contribution is 5.94. The first-order valence-corrected chi connectivity index (χ1v) is 7.76. The molecule has 0 unspecified atom stereocenters. The molecule has 0 bridgehead atoms. The lowest BCUT2D eigenvalue weighted by Crippen LogP contribution is -2.14. The van der Waals surface area contributed by atoms with E-state index in [4.69, 9.17) is 0 Å². The minimum atomic E-state index is 0.0537. The van der Waals surface area contributed by atoms with Crippen molar-refractivity contribution in [3.8, 4) is 0 Å². The highest BCUT2D eigenvalue weighted by Crippen LogP contribution is 2.30. The summed E-state index contributed by atoms with van der Waals surface area (Å²) in [6, 6.07) is 16.0. The second kappa shape index (κ2) is 5.39. The van der Waals surface area contributed by atoms with Crippen LogP contribution in [-0.4, -0.2) is 15.9 Å². The number of benzene rings is 2. The Labute approximate surface area is 134 Å². The van der Waals surface area contributed by atoms with Crippen LogP contribution >= 0.6 is 0 Å². The summed E-state index contributed by atoms with van der Waals surface area (Å²) < 4.78 is 0. The van der Waals surface area contributed by atoms with Crippen LogP contribution in [0.1, 0.15) is 24.0 Å². The summed E-state index contributed by atoms with van der Waals surface area (Å²) in [5.74, 6) is 0.731. The first-order valence-electron chi connectivity index (χ1n) is 7.76. The van der Waals surface area contributed by atoms with Crippen LogP contribution in [0.15, 0.2) is 55.1 Å². The molecule has 0 spiro atoms. The van der Waals surface area contributed by atoms with Gasteiger partial charge >= 0.3 is 0 Å². The Kier molecular flexibility index (Phi) is 3.23. The third-order valence-corrected chi connectivity index (χ3v) is 4.14. The summed E-state index contributed by atoms with van der Waals surface area (Å²) in [5.41, 5.74) is 4.80. The van der Waals surface area contributed by atoms with Gasteiger partial charge in [0.15, 0.2) is 0 Å². The van der Waals surface area contributed by atoms with Gasteiger partial charge in [0.2, 0.25) is 11.9 Å². The fourth-order valence-electron chi connectivity index (χ4n) is 2.62. The molecule has 0 saturated heterocycles. The number of rotatable bonds is 4.